The maximum Gasteiger partial charge on any atom is 0.0801 e. The molecule has 0 aliphatic carbocycles. The fourth-order valence-electron chi connectivity index (χ4n) is 7.27. The third-order valence-electron chi connectivity index (χ3n) is 9.36. The van der Waals surface area contributed by atoms with E-state index >= 15 is 0 Å². The topological polar surface area (TPSA) is 16.3 Å². The Hall–Kier alpha value is -6.46. The van der Waals surface area contributed by atoms with E-state index in [0.717, 1.165) is 22.5 Å². The molecule has 7 rings (SSSR count). The first-order chi connectivity index (χ1) is 23.5. The molecule has 2 aromatic heterocycles. The van der Waals surface area contributed by atoms with E-state index in [0.29, 0.717) is 26.2 Å². The van der Waals surface area contributed by atoms with Crippen LogP contribution in [0.1, 0.15) is 0 Å². The maximum atomic E-state index is 5.68. The maximum absolute atomic E-state index is 5.68. The molecule has 48 heavy (non-hydrogen) atoms. The molecule has 4 heteroatoms. The predicted molar refractivity (Wildman–Crippen MR) is 205 cm³/mol. The molecule has 0 atom stereocenters. The van der Waals surface area contributed by atoms with Gasteiger partial charge in [-0.2, -0.15) is 0 Å². The number of fused-ring (bicyclic) bond motifs is 6. The van der Waals surface area contributed by atoms with Gasteiger partial charge in [0.25, 0.3) is 0 Å². The second-order valence-corrected chi connectivity index (χ2v) is 12.0. The molecule has 0 aliphatic heterocycles. The summed E-state index contributed by atoms with van der Waals surface area (Å²) in [6.07, 6.45) is 22.7. The van der Waals surface area contributed by atoms with E-state index in [-0.39, 0.29) is 0 Å². The zero-order chi connectivity index (χ0) is 33.4. The van der Waals surface area contributed by atoms with Crippen LogP contribution >= 0.6 is 0 Å². The largest absolute Gasteiger partial charge is 0.349 e. The van der Waals surface area contributed by atoms with E-state index in [9.17, 15) is 0 Å². The molecule has 4 nitrogen and oxygen atoms in total. The molecule has 0 spiro atoms. The van der Waals surface area contributed by atoms with Crippen LogP contribution < -0.4 is 9.80 Å². The van der Waals surface area contributed by atoms with Gasteiger partial charge >= 0.3 is 0 Å². The Balaban J connectivity index is 1.60. The van der Waals surface area contributed by atoms with Crippen LogP contribution in [0, 0.1) is 49.4 Å². The molecule has 0 N–H and O–H groups in total. The van der Waals surface area contributed by atoms with Gasteiger partial charge in [0, 0.05) is 69.2 Å². The van der Waals surface area contributed by atoms with E-state index in [1.807, 2.05) is 9.80 Å². The molecule has 230 valence electrons. The number of aromatic nitrogens is 2. The average molecular weight is 619 g/mol. The van der Waals surface area contributed by atoms with Crippen molar-refractivity contribution in [3.8, 4) is 71.6 Å². The van der Waals surface area contributed by atoms with Crippen molar-refractivity contribution < 1.29 is 0 Å². The molecule has 0 bridgehead atoms. The lowest BCUT2D eigenvalue weighted by Gasteiger charge is -2.21. The van der Waals surface area contributed by atoms with Crippen LogP contribution in [0.2, 0.25) is 0 Å². The molecule has 7 aromatic rings. The minimum atomic E-state index is 0.446. The van der Waals surface area contributed by atoms with Crippen molar-refractivity contribution in [2.75, 3.05) is 36.0 Å². The van der Waals surface area contributed by atoms with E-state index in [2.05, 4.69) is 144 Å². The van der Waals surface area contributed by atoms with Gasteiger partial charge in [0.1, 0.15) is 0 Å². The van der Waals surface area contributed by atoms with E-state index in [4.69, 9.17) is 25.7 Å². The highest BCUT2D eigenvalue weighted by Crippen LogP contribution is 2.50. The van der Waals surface area contributed by atoms with Crippen molar-refractivity contribution in [2.24, 2.45) is 14.1 Å². The molecule has 0 radical (unpaired) electrons. The summed E-state index contributed by atoms with van der Waals surface area (Å²) in [5.74, 6) is 11.0. The van der Waals surface area contributed by atoms with Gasteiger partial charge < -0.3 is 18.9 Å². The highest BCUT2D eigenvalue weighted by atomic mass is 15.1. The first-order valence-electron chi connectivity index (χ1n) is 15.9. The highest BCUT2D eigenvalue weighted by Gasteiger charge is 2.26. The molecule has 0 saturated heterocycles. The van der Waals surface area contributed by atoms with Gasteiger partial charge in [0.2, 0.25) is 0 Å². The zero-order valence-corrected chi connectivity index (χ0v) is 27.2. The summed E-state index contributed by atoms with van der Waals surface area (Å²) in [6.45, 7) is 1.78. The van der Waals surface area contributed by atoms with Crippen molar-refractivity contribution >= 4 is 55.0 Å². The van der Waals surface area contributed by atoms with Gasteiger partial charge in [-0.05, 0) is 47.5 Å². The van der Waals surface area contributed by atoms with Crippen LogP contribution in [-0.2, 0) is 14.1 Å². The molecule has 0 amide bonds. The minimum Gasteiger partial charge on any atom is -0.349 e. The smallest absolute Gasteiger partial charge is 0.0801 e. The third-order valence-corrected chi connectivity index (χ3v) is 9.36. The Morgan fingerprint density at radius 1 is 0.479 bits per heavy atom. The summed E-state index contributed by atoms with van der Waals surface area (Å²) < 4.78 is 4.69. The fraction of sp³-hybridized carbons (Fsp3) is 0.136. The van der Waals surface area contributed by atoms with Gasteiger partial charge in [-0.3, -0.25) is 0 Å². The van der Waals surface area contributed by atoms with Gasteiger partial charge in [0.15, 0.2) is 0 Å². The lowest BCUT2D eigenvalue weighted by Crippen LogP contribution is -2.23. The molecular formula is C44H34N4. The Morgan fingerprint density at radius 3 is 1.15 bits per heavy atom. The number of anilines is 2. The molecule has 0 aliphatic rings. The summed E-state index contributed by atoms with van der Waals surface area (Å²) >= 11 is 0. The van der Waals surface area contributed by atoms with E-state index in [1.54, 1.807) is 0 Å². The Labute approximate surface area is 282 Å². The van der Waals surface area contributed by atoms with Gasteiger partial charge in [-0.25, -0.2) is 0 Å². The fourth-order valence-corrected chi connectivity index (χ4v) is 7.27. The Morgan fingerprint density at radius 2 is 0.812 bits per heavy atom. The number of terminal acetylenes is 4. The zero-order valence-electron chi connectivity index (χ0n) is 27.2. The predicted octanol–water partition coefficient (Wildman–Crippen LogP) is 8.46. The summed E-state index contributed by atoms with van der Waals surface area (Å²) in [7, 11) is 4.34. The number of benzene rings is 5. The Kier molecular flexibility index (Phi) is 7.79. The number of para-hydroxylation sites is 2. The monoisotopic (exact) mass is 618 g/mol. The molecule has 0 unspecified atom stereocenters. The standard InChI is InChI=1S/C44H34N4/c1-7-27-47(28-8-2)33-23-19-31(20-24-33)39-41-35-15-11-13-17-37(35)46(6)44(41)40(42-36-16-12-14-18-38(36)45(5)43(39)42)32-21-25-34(26-22-32)48(29-9-3)30-10-4/h1-4,11-26H,27-30H2,5-6H3. The molecule has 0 saturated carbocycles. The van der Waals surface area contributed by atoms with Crippen LogP contribution in [0.3, 0.4) is 0 Å². The summed E-state index contributed by atoms with van der Waals surface area (Å²) in [5.41, 5.74) is 11.3. The van der Waals surface area contributed by atoms with Crippen LogP contribution in [-0.4, -0.2) is 35.3 Å². The molecular weight excluding hydrogens is 585 g/mol. The number of hydrogen-bond acceptors (Lipinski definition) is 2. The highest BCUT2D eigenvalue weighted by molar-refractivity contribution is 6.32. The average Bonchev–Trinajstić information content (AvgIpc) is 3.58. The quantitative estimate of drug-likeness (QED) is 0.159. The molecule has 0 fully saturated rings. The molecule has 5 aromatic carbocycles. The van der Waals surface area contributed by atoms with E-state index < -0.39 is 0 Å². The van der Waals surface area contributed by atoms with Crippen molar-refractivity contribution in [2.45, 2.75) is 0 Å². The first kappa shape index (κ1) is 30.2. The first-order valence-corrected chi connectivity index (χ1v) is 15.9. The number of rotatable bonds is 8. The van der Waals surface area contributed by atoms with Gasteiger partial charge in [-0.15, -0.1) is 25.7 Å². The second-order valence-electron chi connectivity index (χ2n) is 12.0. The number of nitrogens with zero attached hydrogens (tertiary/aromatic N) is 4. The van der Waals surface area contributed by atoms with Crippen molar-refractivity contribution in [1.29, 1.82) is 0 Å². The van der Waals surface area contributed by atoms with Gasteiger partial charge in [0.05, 0.1) is 37.2 Å². The lowest BCUT2D eigenvalue weighted by atomic mass is 9.89. The number of aryl methyl sites for hydroxylation is 2. The van der Waals surface area contributed by atoms with Crippen LogP contribution in [0.5, 0.6) is 0 Å². The van der Waals surface area contributed by atoms with Crippen molar-refractivity contribution in [3.63, 3.8) is 0 Å². The van der Waals surface area contributed by atoms with Crippen LogP contribution in [0.25, 0.3) is 65.9 Å². The normalized spacial score (nSPS) is 11.0. The van der Waals surface area contributed by atoms with Crippen molar-refractivity contribution in [1.82, 2.24) is 9.13 Å². The van der Waals surface area contributed by atoms with Crippen molar-refractivity contribution in [3.05, 3.63) is 97.1 Å². The second kappa shape index (κ2) is 12.4. The number of hydrogen-bond donors (Lipinski definition) is 0. The third kappa shape index (κ3) is 4.72. The lowest BCUT2D eigenvalue weighted by molar-refractivity contribution is 0.986. The van der Waals surface area contributed by atoms with Crippen LogP contribution in [0.15, 0.2) is 97.1 Å². The van der Waals surface area contributed by atoms with E-state index in [1.165, 1.54) is 54.7 Å². The summed E-state index contributed by atoms with van der Waals surface area (Å²) in [4.78, 5) is 4.07. The molecule has 2 heterocycles. The Bertz CT molecular complexity index is 2300. The van der Waals surface area contributed by atoms with Gasteiger partial charge in [-0.1, -0.05) is 84.3 Å². The minimum absolute atomic E-state index is 0.446. The van der Waals surface area contributed by atoms with Crippen LogP contribution in [0.4, 0.5) is 11.4 Å². The SMILES string of the molecule is C#CCN(CC#C)c1ccc(-c2c3c4ccccc4n(C)c3c(-c3ccc(N(CC#C)CC#C)cc3)c3c4ccccc4n(C)c23)cc1. The summed E-state index contributed by atoms with van der Waals surface area (Å²) in [5, 5.41) is 4.83. The summed E-state index contributed by atoms with van der Waals surface area (Å²) in [6, 6.07) is 34.6.